The molecule has 1 N–H and O–H groups in total. The molecule has 2 heterocycles. The van der Waals surface area contributed by atoms with Gasteiger partial charge < -0.3 is 10.2 Å². The molecule has 1 atom stereocenters. The van der Waals surface area contributed by atoms with Gasteiger partial charge in [0.1, 0.15) is 5.82 Å². The zero-order chi connectivity index (χ0) is 16.4. The highest BCUT2D eigenvalue weighted by atomic mass is 16.2. The van der Waals surface area contributed by atoms with E-state index in [-0.39, 0.29) is 12.1 Å². The Labute approximate surface area is 136 Å². The third-order valence-corrected chi connectivity index (χ3v) is 4.21. The molecule has 6 heteroatoms. The Bertz CT molecular complexity index is 699. The van der Waals surface area contributed by atoms with Gasteiger partial charge in [-0.3, -0.25) is 4.98 Å². The molecule has 1 aliphatic carbocycles. The summed E-state index contributed by atoms with van der Waals surface area (Å²) in [5, 5.41) is 2.95. The van der Waals surface area contributed by atoms with E-state index in [1.54, 1.807) is 30.5 Å². The first-order chi connectivity index (χ1) is 11.1. The second kappa shape index (κ2) is 6.32. The van der Waals surface area contributed by atoms with Crippen molar-refractivity contribution in [3.63, 3.8) is 0 Å². The number of anilines is 1. The van der Waals surface area contributed by atoms with E-state index >= 15 is 0 Å². The van der Waals surface area contributed by atoms with Gasteiger partial charge in [0.05, 0.1) is 23.6 Å². The number of carbonyl (C=O) groups is 1. The summed E-state index contributed by atoms with van der Waals surface area (Å²) < 4.78 is 0. The topological polar surface area (TPSA) is 71.0 Å². The van der Waals surface area contributed by atoms with Crippen molar-refractivity contribution in [3.8, 4) is 0 Å². The van der Waals surface area contributed by atoms with Crippen LogP contribution in [0.25, 0.3) is 0 Å². The van der Waals surface area contributed by atoms with Gasteiger partial charge in [-0.2, -0.15) is 0 Å². The molecule has 2 amide bonds. The number of hydrogen-bond donors (Lipinski definition) is 1. The van der Waals surface area contributed by atoms with Crippen LogP contribution in [0.15, 0.2) is 30.7 Å². The summed E-state index contributed by atoms with van der Waals surface area (Å²) in [7, 11) is 1.78. The summed E-state index contributed by atoms with van der Waals surface area (Å²) in [6, 6.07) is 3.60. The SMILES string of the molecule is Cc1ncc(NC(=O)N(C)C(C)c2cccnc2)c(C2CC2)n1. The molecule has 1 aliphatic rings. The van der Waals surface area contributed by atoms with E-state index in [1.807, 2.05) is 26.0 Å². The van der Waals surface area contributed by atoms with Crippen molar-refractivity contribution in [1.29, 1.82) is 0 Å². The first kappa shape index (κ1) is 15.4. The van der Waals surface area contributed by atoms with Crippen molar-refractivity contribution < 1.29 is 4.79 Å². The highest BCUT2D eigenvalue weighted by Crippen LogP contribution is 2.42. The fourth-order valence-electron chi connectivity index (χ4n) is 2.48. The van der Waals surface area contributed by atoms with E-state index in [2.05, 4.69) is 20.3 Å². The first-order valence-corrected chi connectivity index (χ1v) is 7.83. The quantitative estimate of drug-likeness (QED) is 0.940. The molecule has 0 saturated heterocycles. The molecule has 3 rings (SSSR count). The van der Waals surface area contributed by atoms with Crippen LogP contribution in [0, 0.1) is 6.92 Å². The van der Waals surface area contributed by atoms with Gasteiger partial charge in [0.2, 0.25) is 0 Å². The average Bonchev–Trinajstić information content (AvgIpc) is 3.40. The Morgan fingerprint density at radius 3 is 2.83 bits per heavy atom. The lowest BCUT2D eigenvalue weighted by molar-refractivity contribution is 0.208. The number of pyridine rings is 1. The summed E-state index contributed by atoms with van der Waals surface area (Å²) in [6.07, 6.45) is 7.46. The third kappa shape index (κ3) is 3.47. The molecule has 2 aromatic rings. The molecule has 1 unspecified atom stereocenters. The second-order valence-electron chi connectivity index (χ2n) is 5.99. The maximum absolute atomic E-state index is 12.5. The number of rotatable bonds is 4. The Morgan fingerprint density at radius 1 is 1.39 bits per heavy atom. The molecule has 1 saturated carbocycles. The number of hydrogen-bond acceptors (Lipinski definition) is 4. The van der Waals surface area contributed by atoms with E-state index in [0.717, 1.165) is 29.9 Å². The zero-order valence-corrected chi connectivity index (χ0v) is 13.7. The van der Waals surface area contributed by atoms with E-state index < -0.39 is 0 Å². The van der Waals surface area contributed by atoms with E-state index in [0.29, 0.717) is 11.6 Å². The maximum Gasteiger partial charge on any atom is 0.322 e. The number of aromatic nitrogens is 3. The largest absolute Gasteiger partial charge is 0.322 e. The molecular weight excluding hydrogens is 290 g/mol. The van der Waals surface area contributed by atoms with Crippen molar-refractivity contribution in [2.24, 2.45) is 0 Å². The number of carbonyl (C=O) groups excluding carboxylic acids is 1. The fourth-order valence-corrected chi connectivity index (χ4v) is 2.48. The molecule has 0 aromatic carbocycles. The van der Waals surface area contributed by atoms with Gasteiger partial charge in [-0.05, 0) is 38.3 Å². The number of nitrogens with one attached hydrogen (secondary N) is 1. The van der Waals surface area contributed by atoms with Crippen LogP contribution in [-0.2, 0) is 0 Å². The number of amides is 2. The highest BCUT2D eigenvalue weighted by Gasteiger charge is 2.29. The summed E-state index contributed by atoms with van der Waals surface area (Å²) in [6.45, 7) is 3.85. The van der Waals surface area contributed by atoms with Crippen molar-refractivity contribution in [2.45, 2.75) is 38.6 Å². The molecule has 6 nitrogen and oxygen atoms in total. The summed E-state index contributed by atoms with van der Waals surface area (Å²) in [5.41, 5.74) is 2.66. The van der Waals surface area contributed by atoms with Gasteiger partial charge in [-0.25, -0.2) is 14.8 Å². The van der Waals surface area contributed by atoms with E-state index in [4.69, 9.17) is 0 Å². The van der Waals surface area contributed by atoms with Gasteiger partial charge in [0, 0.05) is 25.4 Å². The second-order valence-corrected chi connectivity index (χ2v) is 5.99. The number of urea groups is 1. The lowest BCUT2D eigenvalue weighted by Crippen LogP contribution is -2.34. The minimum absolute atomic E-state index is 0.0700. The highest BCUT2D eigenvalue weighted by molar-refractivity contribution is 5.90. The molecule has 0 bridgehead atoms. The van der Waals surface area contributed by atoms with Crippen molar-refractivity contribution in [1.82, 2.24) is 19.9 Å². The van der Waals surface area contributed by atoms with Crippen molar-refractivity contribution in [3.05, 3.63) is 47.8 Å². The molecular formula is C17H21N5O. The van der Waals surface area contributed by atoms with Gasteiger partial charge in [-0.1, -0.05) is 6.07 Å². The van der Waals surface area contributed by atoms with Crippen LogP contribution >= 0.6 is 0 Å². The van der Waals surface area contributed by atoms with Crippen LogP contribution in [0.3, 0.4) is 0 Å². The van der Waals surface area contributed by atoms with Crippen LogP contribution in [0.5, 0.6) is 0 Å². The third-order valence-electron chi connectivity index (χ3n) is 4.21. The normalized spacial score (nSPS) is 15.1. The lowest BCUT2D eigenvalue weighted by Gasteiger charge is -2.25. The zero-order valence-electron chi connectivity index (χ0n) is 13.7. The fraction of sp³-hybridized carbons (Fsp3) is 0.412. The van der Waals surface area contributed by atoms with E-state index in [9.17, 15) is 4.79 Å². The first-order valence-electron chi connectivity index (χ1n) is 7.83. The van der Waals surface area contributed by atoms with Crippen LogP contribution in [0.1, 0.15) is 48.8 Å². The smallest absolute Gasteiger partial charge is 0.321 e. The summed E-state index contributed by atoms with van der Waals surface area (Å²) in [5.74, 6) is 1.19. The average molecular weight is 311 g/mol. The van der Waals surface area contributed by atoms with Gasteiger partial charge in [0.25, 0.3) is 0 Å². The molecule has 0 aliphatic heterocycles. The van der Waals surface area contributed by atoms with E-state index in [1.165, 1.54) is 0 Å². The number of nitrogens with zero attached hydrogens (tertiary/aromatic N) is 4. The predicted octanol–water partition coefficient (Wildman–Crippen LogP) is 3.28. The molecule has 2 aromatic heterocycles. The molecule has 0 radical (unpaired) electrons. The number of aryl methyl sites for hydroxylation is 1. The standard InChI is InChI=1S/C17H21N5O/c1-11(14-5-4-8-18-9-14)22(3)17(23)21-15-10-19-12(2)20-16(15)13-6-7-13/h4-5,8-11,13H,6-7H2,1-3H3,(H,21,23). The molecule has 0 spiro atoms. The Hall–Kier alpha value is -2.50. The maximum atomic E-state index is 12.5. The Kier molecular flexibility index (Phi) is 4.23. The summed E-state index contributed by atoms with van der Waals surface area (Å²) >= 11 is 0. The Morgan fingerprint density at radius 2 is 2.17 bits per heavy atom. The minimum Gasteiger partial charge on any atom is -0.321 e. The van der Waals surface area contributed by atoms with Crippen LogP contribution in [-0.4, -0.2) is 32.9 Å². The van der Waals surface area contributed by atoms with Crippen LogP contribution < -0.4 is 5.32 Å². The lowest BCUT2D eigenvalue weighted by atomic mass is 10.1. The van der Waals surface area contributed by atoms with Crippen molar-refractivity contribution >= 4 is 11.7 Å². The van der Waals surface area contributed by atoms with Gasteiger partial charge in [0.15, 0.2) is 0 Å². The van der Waals surface area contributed by atoms with Crippen LogP contribution in [0.2, 0.25) is 0 Å². The van der Waals surface area contributed by atoms with Crippen LogP contribution in [0.4, 0.5) is 10.5 Å². The monoisotopic (exact) mass is 311 g/mol. The molecule has 23 heavy (non-hydrogen) atoms. The Balaban J connectivity index is 1.74. The van der Waals surface area contributed by atoms with Crippen molar-refractivity contribution in [2.75, 3.05) is 12.4 Å². The summed E-state index contributed by atoms with van der Waals surface area (Å²) in [4.78, 5) is 27.0. The predicted molar refractivity (Wildman–Crippen MR) is 88.2 cm³/mol. The molecule has 120 valence electrons. The van der Waals surface area contributed by atoms with Gasteiger partial charge >= 0.3 is 6.03 Å². The minimum atomic E-state index is -0.171. The molecule has 1 fully saturated rings. The van der Waals surface area contributed by atoms with Gasteiger partial charge in [-0.15, -0.1) is 0 Å².